The van der Waals surface area contributed by atoms with E-state index in [0.717, 1.165) is 31.4 Å². The van der Waals surface area contributed by atoms with Crippen LogP contribution in [0.15, 0.2) is 30.3 Å². The molecule has 2 aliphatic carbocycles. The third kappa shape index (κ3) is 1.68. The average molecular weight is 280 g/mol. The number of fused-ring (bicyclic) bond motifs is 5. The van der Waals surface area contributed by atoms with Gasteiger partial charge in [-0.05, 0) is 59.2 Å². The SMILES string of the molecule is COc1ccc2c3c(ccc2c1)[C@H]1CCC(=O)[C@]1(C)CC3. The Morgan fingerprint density at radius 1 is 1.19 bits per heavy atom. The molecule has 0 heterocycles. The van der Waals surface area contributed by atoms with Crippen molar-refractivity contribution >= 4 is 16.6 Å². The summed E-state index contributed by atoms with van der Waals surface area (Å²) in [4.78, 5) is 12.3. The fourth-order valence-electron chi connectivity index (χ4n) is 4.39. The number of hydrogen-bond donors (Lipinski definition) is 0. The van der Waals surface area contributed by atoms with Gasteiger partial charge in [-0.15, -0.1) is 0 Å². The van der Waals surface area contributed by atoms with Crippen molar-refractivity contribution in [2.24, 2.45) is 5.41 Å². The van der Waals surface area contributed by atoms with E-state index < -0.39 is 0 Å². The molecule has 1 fully saturated rings. The molecule has 2 aromatic carbocycles. The van der Waals surface area contributed by atoms with E-state index in [1.54, 1.807) is 7.11 Å². The lowest BCUT2D eigenvalue weighted by Crippen LogP contribution is -2.32. The van der Waals surface area contributed by atoms with Crippen LogP contribution >= 0.6 is 0 Å². The second kappa shape index (κ2) is 4.33. The van der Waals surface area contributed by atoms with E-state index in [0.29, 0.717) is 11.7 Å². The predicted octanol–water partition coefficient (Wildman–Crippen LogP) is 4.25. The normalized spacial score (nSPS) is 27.5. The Morgan fingerprint density at radius 3 is 2.86 bits per heavy atom. The number of carbonyl (C=O) groups is 1. The summed E-state index contributed by atoms with van der Waals surface area (Å²) in [6.07, 6.45) is 3.78. The third-order valence-corrected chi connectivity index (χ3v) is 5.71. The molecular weight excluding hydrogens is 260 g/mol. The van der Waals surface area contributed by atoms with Gasteiger partial charge < -0.3 is 4.74 Å². The minimum absolute atomic E-state index is 0.118. The highest BCUT2D eigenvalue weighted by atomic mass is 16.5. The van der Waals surface area contributed by atoms with Gasteiger partial charge >= 0.3 is 0 Å². The second-order valence-corrected chi connectivity index (χ2v) is 6.65. The average Bonchev–Trinajstić information content (AvgIpc) is 2.82. The molecule has 0 spiro atoms. The first-order valence-electron chi connectivity index (χ1n) is 7.76. The van der Waals surface area contributed by atoms with Crippen LogP contribution < -0.4 is 4.74 Å². The topological polar surface area (TPSA) is 26.3 Å². The molecule has 2 atom stereocenters. The molecule has 2 aliphatic rings. The van der Waals surface area contributed by atoms with Crippen molar-refractivity contribution in [1.82, 2.24) is 0 Å². The number of ether oxygens (including phenoxy) is 1. The molecule has 2 aromatic rings. The zero-order valence-corrected chi connectivity index (χ0v) is 12.6. The van der Waals surface area contributed by atoms with Crippen molar-refractivity contribution in [1.29, 1.82) is 0 Å². The molecule has 21 heavy (non-hydrogen) atoms. The van der Waals surface area contributed by atoms with Gasteiger partial charge in [0.05, 0.1) is 7.11 Å². The van der Waals surface area contributed by atoms with Gasteiger partial charge in [0.15, 0.2) is 0 Å². The van der Waals surface area contributed by atoms with Crippen LogP contribution in [0.25, 0.3) is 10.8 Å². The van der Waals surface area contributed by atoms with Crippen molar-refractivity contribution in [2.75, 3.05) is 7.11 Å². The number of ketones is 1. The first-order chi connectivity index (χ1) is 10.1. The van der Waals surface area contributed by atoms with Gasteiger partial charge in [-0.25, -0.2) is 0 Å². The van der Waals surface area contributed by atoms with Crippen molar-refractivity contribution in [3.8, 4) is 5.75 Å². The van der Waals surface area contributed by atoms with Crippen molar-refractivity contribution in [3.63, 3.8) is 0 Å². The van der Waals surface area contributed by atoms with Crippen LogP contribution in [0.5, 0.6) is 5.75 Å². The summed E-state index contributed by atoms with van der Waals surface area (Å²) in [7, 11) is 1.70. The van der Waals surface area contributed by atoms with Crippen LogP contribution in [0, 0.1) is 5.41 Å². The highest BCUT2D eigenvalue weighted by Crippen LogP contribution is 2.54. The molecule has 2 nitrogen and oxygen atoms in total. The van der Waals surface area contributed by atoms with Crippen molar-refractivity contribution < 1.29 is 9.53 Å². The summed E-state index contributed by atoms with van der Waals surface area (Å²) >= 11 is 0. The lowest BCUT2D eigenvalue weighted by molar-refractivity contribution is -0.126. The van der Waals surface area contributed by atoms with E-state index in [9.17, 15) is 4.79 Å². The van der Waals surface area contributed by atoms with E-state index in [4.69, 9.17) is 4.74 Å². The molecule has 2 heteroatoms. The van der Waals surface area contributed by atoms with E-state index in [1.807, 2.05) is 6.07 Å². The number of hydrogen-bond acceptors (Lipinski definition) is 2. The Morgan fingerprint density at radius 2 is 2.05 bits per heavy atom. The molecule has 0 radical (unpaired) electrons. The molecule has 0 amide bonds. The Kier molecular flexibility index (Phi) is 2.66. The summed E-state index contributed by atoms with van der Waals surface area (Å²) in [5, 5.41) is 2.57. The fourth-order valence-corrected chi connectivity index (χ4v) is 4.39. The summed E-state index contributed by atoms with van der Waals surface area (Å²) in [6.45, 7) is 2.17. The lowest BCUT2D eigenvalue weighted by Gasteiger charge is -2.37. The summed E-state index contributed by atoms with van der Waals surface area (Å²) in [5.74, 6) is 1.78. The Bertz CT molecular complexity index is 747. The van der Waals surface area contributed by atoms with Gasteiger partial charge in [0, 0.05) is 11.8 Å². The highest BCUT2D eigenvalue weighted by Gasteiger charge is 2.49. The van der Waals surface area contributed by atoms with E-state index >= 15 is 0 Å². The number of Topliss-reactive ketones (excluding diaryl/α,β-unsaturated/α-hetero) is 1. The maximum absolute atomic E-state index is 12.3. The van der Waals surface area contributed by atoms with Crippen LogP contribution in [-0.2, 0) is 11.2 Å². The van der Waals surface area contributed by atoms with E-state index in [-0.39, 0.29) is 5.41 Å². The van der Waals surface area contributed by atoms with Crippen LogP contribution in [-0.4, -0.2) is 12.9 Å². The standard InChI is InChI=1S/C19H20O2/c1-19-10-9-15-14-6-4-13(21-2)11-12(14)3-5-16(15)17(19)7-8-18(19)20/h3-6,11,17H,7-10H2,1-2H3/t17-,19-/m1/s1. The quantitative estimate of drug-likeness (QED) is 0.780. The minimum atomic E-state index is -0.118. The largest absolute Gasteiger partial charge is 0.497 e. The third-order valence-electron chi connectivity index (χ3n) is 5.71. The van der Waals surface area contributed by atoms with Gasteiger partial charge in [-0.1, -0.05) is 25.1 Å². The number of methoxy groups -OCH3 is 1. The number of benzene rings is 2. The monoisotopic (exact) mass is 280 g/mol. The Labute approximate surface area is 125 Å². The van der Waals surface area contributed by atoms with Gasteiger partial charge in [0.2, 0.25) is 0 Å². The summed E-state index contributed by atoms with van der Waals surface area (Å²) < 4.78 is 5.32. The molecule has 0 saturated heterocycles. The van der Waals surface area contributed by atoms with Gasteiger partial charge in [-0.2, -0.15) is 0 Å². The molecule has 108 valence electrons. The first-order valence-corrected chi connectivity index (χ1v) is 7.76. The number of carbonyl (C=O) groups excluding carboxylic acids is 1. The molecule has 0 aliphatic heterocycles. The minimum Gasteiger partial charge on any atom is -0.497 e. The van der Waals surface area contributed by atoms with E-state index in [1.165, 1.54) is 21.9 Å². The predicted molar refractivity (Wildman–Crippen MR) is 83.9 cm³/mol. The van der Waals surface area contributed by atoms with Crippen LogP contribution in [0.4, 0.5) is 0 Å². The van der Waals surface area contributed by atoms with Crippen LogP contribution in [0.3, 0.4) is 0 Å². The zero-order valence-electron chi connectivity index (χ0n) is 12.6. The van der Waals surface area contributed by atoms with E-state index in [2.05, 4.69) is 31.2 Å². The fraction of sp³-hybridized carbons (Fsp3) is 0.421. The van der Waals surface area contributed by atoms with Crippen LogP contribution in [0.1, 0.15) is 43.2 Å². The molecule has 0 unspecified atom stereocenters. The summed E-state index contributed by atoms with van der Waals surface area (Å²) in [5.41, 5.74) is 2.74. The highest BCUT2D eigenvalue weighted by molar-refractivity contribution is 5.92. The lowest BCUT2D eigenvalue weighted by atomic mass is 9.66. The Hall–Kier alpha value is -1.83. The summed E-state index contributed by atoms with van der Waals surface area (Å²) in [6, 6.07) is 10.7. The van der Waals surface area contributed by atoms with Crippen molar-refractivity contribution in [3.05, 3.63) is 41.5 Å². The van der Waals surface area contributed by atoms with Crippen molar-refractivity contribution in [2.45, 2.75) is 38.5 Å². The molecular formula is C19H20O2. The van der Waals surface area contributed by atoms with Crippen LogP contribution in [0.2, 0.25) is 0 Å². The number of rotatable bonds is 1. The maximum atomic E-state index is 12.3. The molecule has 4 rings (SSSR count). The first kappa shape index (κ1) is 12.9. The Balaban J connectivity index is 1.91. The van der Waals surface area contributed by atoms with Gasteiger partial charge in [0.25, 0.3) is 0 Å². The molecule has 1 saturated carbocycles. The molecule has 0 N–H and O–H groups in total. The van der Waals surface area contributed by atoms with Gasteiger partial charge in [0.1, 0.15) is 11.5 Å². The molecule has 0 aromatic heterocycles. The molecule has 0 bridgehead atoms. The number of aryl methyl sites for hydroxylation is 1. The zero-order chi connectivity index (χ0) is 14.6. The van der Waals surface area contributed by atoms with Gasteiger partial charge in [-0.3, -0.25) is 4.79 Å². The second-order valence-electron chi connectivity index (χ2n) is 6.65. The smallest absolute Gasteiger partial charge is 0.139 e. The maximum Gasteiger partial charge on any atom is 0.139 e.